The summed E-state index contributed by atoms with van der Waals surface area (Å²) in [6.07, 6.45) is 0. The standard InChI is InChI=1S/C14H24N2O6/c1-15(2-4-17)9-12-14(21)13(20)8-11(10-19)16(12)3-6-22-7-5-18/h8,17-19,21H,2-7,9-10H2,1H3. The van der Waals surface area contributed by atoms with Gasteiger partial charge in [0.05, 0.1) is 38.7 Å². The molecular weight excluding hydrogens is 292 g/mol. The van der Waals surface area contributed by atoms with Gasteiger partial charge in [-0.1, -0.05) is 0 Å². The second-order valence-corrected chi connectivity index (χ2v) is 4.90. The molecule has 4 N–H and O–H groups in total. The number of aromatic nitrogens is 1. The van der Waals surface area contributed by atoms with Crippen molar-refractivity contribution in [2.75, 3.05) is 40.0 Å². The molecule has 0 aliphatic heterocycles. The minimum Gasteiger partial charge on any atom is -0.503 e. The number of likely N-dealkylation sites (N-methyl/N-ethyl adjacent to an activating group) is 1. The lowest BCUT2D eigenvalue weighted by Crippen LogP contribution is -2.27. The SMILES string of the molecule is CN(CCO)Cc1c(O)c(=O)cc(CO)n1CCOCCO. The van der Waals surface area contributed by atoms with Crippen LogP contribution in [-0.2, 0) is 24.4 Å². The van der Waals surface area contributed by atoms with Gasteiger partial charge in [0.2, 0.25) is 5.43 Å². The molecule has 0 atom stereocenters. The molecule has 0 saturated heterocycles. The highest BCUT2D eigenvalue weighted by Crippen LogP contribution is 2.17. The number of hydrogen-bond acceptors (Lipinski definition) is 7. The maximum Gasteiger partial charge on any atom is 0.223 e. The Bertz CT molecular complexity index is 517. The molecule has 0 unspecified atom stereocenters. The monoisotopic (exact) mass is 316 g/mol. The molecule has 1 aromatic heterocycles. The Morgan fingerprint density at radius 3 is 2.55 bits per heavy atom. The lowest BCUT2D eigenvalue weighted by Gasteiger charge is -2.22. The zero-order valence-electron chi connectivity index (χ0n) is 12.7. The molecule has 0 saturated carbocycles. The molecule has 8 heteroatoms. The molecule has 22 heavy (non-hydrogen) atoms. The Hall–Kier alpha value is -1.45. The Balaban J connectivity index is 3.07. The molecule has 1 aromatic rings. The van der Waals surface area contributed by atoms with Gasteiger partial charge in [-0.25, -0.2) is 0 Å². The predicted molar refractivity (Wildman–Crippen MR) is 79.6 cm³/mol. The van der Waals surface area contributed by atoms with Crippen molar-refractivity contribution in [1.82, 2.24) is 9.47 Å². The molecule has 126 valence electrons. The molecule has 0 amide bonds. The number of aliphatic hydroxyl groups excluding tert-OH is 3. The van der Waals surface area contributed by atoms with Crippen LogP contribution in [0.25, 0.3) is 0 Å². The molecule has 1 rings (SSSR count). The summed E-state index contributed by atoms with van der Waals surface area (Å²) >= 11 is 0. The lowest BCUT2D eigenvalue weighted by molar-refractivity contribution is 0.0849. The number of rotatable bonds is 10. The Morgan fingerprint density at radius 1 is 1.23 bits per heavy atom. The van der Waals surface area contributed by atoms with Crippen LogP contribution in [-0.4, -0.2) is 69.9 Å². The van der Waals surface area contributed by atoms with Gasteiger partial charge in [0, 0.05) is 31.4 Å². The number of pyridine rings is 1. The van der Waals surface area contributed by atoms with Crippen LogP contribution in [0, 0.1) is 0 Å². The first-order valence-corrected chi connectivity index (χ1v) is 7.08. The number of aliphatic hydroxyl groups is 3. The van der Waals surface area contributed by atoms with E-state index in [1.54, 1.807) is 16.5 Å². The third-order valence-corrected chi connectivity index (χ3v) is 3.24. The molecule has 0 aromatic carbocycles. The van der Waals surface area contributed by atoms with Crippen molar-refractivity contribution in [2.45, 2.75) is 19.7 Å². The molecule has 0 bridgehead atoms. The van der Waals surface area contributed by atoms with Crippen molar-refractivity contribution < 1.29 is 25.2 Å². The van der Waals surface area contributed by atoms with Crippen molar-refractivity contribution in [1.29, 1.82) is 0 Å². The Morgan fingerprint density at radius 2 is 1.95 bits per heavy atom. The summed E-state index contributed by atoms with van der Waals surface area (Å²) in [5.41, 5.74) is 0.187. The van der Waals surface area contributed by atoms with E-state index in [0.717, 1.165) is 0 Å². The zero-order valence-corrected chi connectivity index (χ0v) is 12.7. The third kappa shape index (κ3) is 5.08. The largest absolute Gasteiger partial charge is 0.503 e. The predicted octanol–water partition coefficient (Wildman–Crippen LogP) is -1.52. The van der Waals surface area contributed by atoms with Crippen LogP contribution in [0.5, 0.6) is 5.75 Å². The van der Waals surface area contributed by atoms with Crippen molar-refractivity contribution in [3.8, 4) is 5.75 Å². The van der Waals surface area contributed by atoms with Gasteiger partial charge in [-0.3, -0.25) is 9.69 Å². The second-order valence-electron chi connectivity index (χ2n) is 4.90. The summed E-state index contributed by atoms with van der Waals surface area (Å²) in [5, 5.41) is 37.1. The summed E-state index contributed by atoms with van der Waals surface area (Å²) in [7, 11) is 1.75. The van der Waals surface area contributed by atoms with Crippen LogP contribution in [0.4, 0.5) is 0 Å². The molecule has 0 aliphatic rings. The summed E-state index contributed by atoms with van der Waals surface area (Å²) in [6, 6.07) is 1.19. The molecule has 0 fully saturated rings. The summed E-state index contributed by atoms with van der Waals surface area (Å²) in [5.74, 6) is -0.371. The topological polar surface area (TPSA) is 115 Å². The van der Waals surface area contributed by atoms with E-state index in [9.17, 15) is 15.0 Å². The quantitative estimate of drug-likeness (QED) is 0.387. The first-order chi connectivity index (χ1) is 10.5. The smallest absolute Gasteiger partial charge is 0.223 e. The fourth-order valence-corrected chi connectivity index (χ4v) is 2.14. The summed E-state index contributed by atoms with van der Waals surface area (Å²) in [6.45, 7) is 0.952. The Kier molecular flexibility index (Phi) is 8.07. The van der Waals surface area contributed by atoms with Crippen LogP contribution in [0.2, 0.25) is 0 Å². The van der Waals surface area contributed by atoms with Gasteiger partial charge in [-0.2, -0.15) is 0 Å². The second kappa shape index (κ2) is 9.54. The van der Waals surface area contributed by atoms with Gasteiger partial charge in [0.1, 0.15) is 0 Å². The summed E-state index contributed by atoms with van der Waals surface area (Å²) < 4.78 is 6.82. The molecule has 0 aliphatic carbocycles. The lowest BCUT2D eigenvalue weighted by atomic mass is 10.2. The normalized spacial score (nSPS) is 11.3. The number of ether oxygens (including phenoxy) is 1. The zero-order chi connectivity index (χ0) is 16.5. The highest BCUT2D eigenvalue weighted by atomic mass is 16.5. The Labute approximate surface area is 128 Å². The molecular formula is C14H24N2O6. The number of nitrogens with zero attached hydrogens (tertiary/aromatic N) is 2. The van der Waals surface area contributed by atoms with E-state index in [2.05, 4.69) is 0 Å². The first kappa shape index (κ1) is 18.6. The van der Waals surface area contributed by atoms with Crippen LogP contribution in [0.15, 0.2) is 10.9 Å². The van der Waals surface area contributed by atoms with Gasteiger partial charge in [0.15, 0.2) is 5.75 Å². The van der Waals surface area contributed by atoms with E-state index in [-0.39, 0.29) is 45.3 Å². The summed E-state index contributed by atoms with van der Waals surface area (Å²) in [4.78, 5) is 13.5. The van der Waals surface area contributed by atoms with Gasteiger partial charge in [0.25, 0.3) is 0 Å². The first-order valence-electron chi connectivity index (χ1n) is 7.08. The van der Waals surface area contributed by atoms with Crippen molar-refractivity contribution in [3.05, 3.63) is 27.7 Å². The molecule has 1 heterocycles. The average Bonchev–Trinajstić information content (AvgIpc) is 2.50. The minimum absolute atomic E-state index is 0.0409. The van der Waals surface area contributed by atoms with Crippen LogP contribution in [0.3, 0.4) is 0 Å². The minimum atomic E-state index is -0.552. The van der Waals surface area contributed by atoms with E-state index >= 15 is 0 Å². The van der Waals surface area contributed by atoms with Gasteiger partial charge in [-0.15, -0.1) is 0 Å². The van der Waals surface area contributed by atoms with E-state index in [1.165, 1.54) is 6.07 Å². The molecule has 0 radical (unpaired) electrons. The number of aromatic hydroxyl groups is 1. The van der Waals surface area contributed by atoms with Crippen molar-refractivity contribution >= 4 is 0 Å². The third-order valence-electron chi connectivity index (χ3n) is 3.24. The van der Waals surface area contributed by atoms with Crippen molar-refractivity contribution in [2.24, 2.45) is 0 Å². The van der Waals surface area contributed by atoms with E-state index < -0.39 is 5.43 Å². The fraction of sp³-hybridized carbons (Fsp3) is 0.643. The van der Waals surface area contributed by atoms with Crippen LogP contribution in [0.1, 0.15) is 11.4 Å². The van der Waals surface area contributed by atoms with E-state index in [0.29, 0.717) is 24.5 Å². The fourth-order valence-electron chi connectivity index (χ4n) is 2.14. The average molecular weight is 316 g/mol. The van der Waals surface area contributed by atoms with Crippen LogP contribution < -0.4 is 5.43 Å². The molecule has 8 nitrogen and oxygen atoms in total. The highest BCUT2D eigenvalue weighted by molar-refractivity contribution is 5.30. The highest BCUT2D eigenvalue weighted by Gasteiger charge is 2.16. The van der Waals surface area contributed by atoms with E-state index in [1.807, 2.05) is 0 Å². The van der Waals surface area contributed by atoms with Gasteiger partial charge in [-0.05, 0) is 7.05 Å². The van der Waals surface area contributed by atoms with E-state index in [4.69, 9.17) is 14.9 Å². The number of hydrogen-bond donors (Lipinski definition) is 4. The van der Waals surface area contributed by atoms with Crippen LogP contribution >= 0.6 is 0 Å². The maximum absolute atomic E-state index is 11.8. The molecule has 0 spiro atoms. The maximum atomic E-state index is 11.8. The van der Waals surface area contributed by atoms with Crippen molar-refractivity contribution in [3.63, 3.8) is 0 Å². The van der Waals surface area contributed by atoms with Gasteiger partial charge < -0.3 is 29.7 Å². The van der Waals surface area contributed by atoms with Gasteiger partial charge >= 0.3 is 0 Å².